The van der Waals surface area contributed by atoms with Crippen molar-refractivity contribution >= 4 is 50.6 Å². The molecule has 0 aliphatic heterocycles. The summed E-state index contributed by atoms with van der Waals surface area (Å²) in [6, 6.07) is 77.8. The summed E-state index contributed by atoms with van der Waals surface area (Å²) in [4.78, 5) is 15.6. The maximum absolute atomic E-state index is 5.27. The van der Waals surface area contributed by atoms with Crippen LogP contribution in [0, 0.1) is 7.43 Å². The van der Waals surface area contributed by atoms with Gasteiger partial charge < -0.3 is 12.0 Å². The Morgan fingerprint density at radius 3 is 1.19 bits per heavy atom. The Balaban J connectivity index is 0.00000422. The van der Waals surface area contributed by atoms with E-state index in [9.17, 15) is 0 Å². The summed E-state index contributed by atoms with van der Waals surface area (Å²) in [6.45, 7) is 0. The van der Waals surface area contributed by atoms with Crippen LogP contribution in [0.5, 0.6) is 0 Å². The van der Waals surface area contributed by atoms with Crippen molar-refractivity contribution in [3.05, 3.63) is 226 Å². The number of nitrogens with zero attached hydrogens (tertiary/aromatic N) is 4. The van der Waals surface area contributed by atoms with E-state index in [4.69, 9.17) is 15.0 Å². The van der Waals surface area contributed by atoms with Crippen molar-refractivity contribution < 1.29 is 0 Å². The largest absolute Gasteiger partial charge is 0.358 e. The minimum atomic E-state index is -2.78. The van der Waals surface area contributed by atoms with Crippen molar-refractivity contribution in [2.75, 3.05) is 0 Å². The van der Waals surface area contributed by atoms with Gasteiger partial charge in [-0.15, -0.1) is 0 Å². The van der Waals surface area contributed by atoms with Crippen LogP contribution < -0.4 is 20.7 Å². The summed E-state index contributed by atoms with van der Waals surface area (Å²) in [7, 11) is -2.78. The smallest absolute Gasteiger partial charge is 0.179 e. The molecule has 4 nitrogen and oxygen atoms in total. The van der Waals surface area contributed by atoms with Gasteiger partial charge in [-0.2, -0.15) is 0 Å². The molecule has 0 radical (unpaired) electrons. The molecule has 0 saturated carbocycles. The van der Waals surface area contributed by atoms with Crippen LogP contribution in [0.15, 0.2) is 218 Å². The van der Waals surface area contributed by atoms with Crippen molar-refractivity contribution in [1.82, 2.24) is 19.5 Å². The fourth-order valence-electron chi connectivity index (χ4n) is 8.29. The molecule has 0 unspecified atom stereocenters. The standard InChI is InChI=1S/C51H36N4Si.CH3/c1-5-19-37(20-6-1)49-52-50(38-21-17-23-40(35-38)55-47-33-15-13-31-45(47)46-32-14-16-34-48(46)55)54-51(53-49)39-22-18-30-44(36-39)56(41-24-7-2-8-25-41,42-26-9-3-10-27-42)43-28-11-4-12-29-43;/h1-36H;1H3/q;-1. The third-order valence-electron chi connectivity index (χ3n) is 10.8. The van der Waals surface area contributed by atoms with Crippen molar-refractivity contribution in [3.8, 4) is 39.9 Å². The summed E-state index contributed by atoms with van der Waals surface area (Å²) in [5, 5.41) is 7.66. The zero-order valence-corrected chi connectivity index (χ0v) is 32.6. The Morgan fingerprint density at radius 2 is 0.684 bits per heavy atom. The molecular weight excluding hydrogens is 709 g/mol. The molecule has 0 N–H and O–H groups in total. The molecule has 0 bridgehead atoms. The topological polar surface area (TPSA) is 43.6 Å². The van der Waals surface area contributed by atoms with Crippen molar-refractivity contribution in [3.63, 3.8) is 0 Å². The van der Waals surface area contributed by atoms with Gasteiger partial charge in [-0.1, -0.05) is 194 Å². The van der Waals surface area contributed by atoms with E-state index in [2.05, 4.69) is 205 Å². The second-order valence-corrected chi connectivity index (χ2v) is 17.8. The van der Waals surface area contributed by atoms with Crippen molar-refractivity contribution in [2.24, 2.45) is 0 Å². The Labute approximate surface area is 334 Å². The van der Waals surface area contributed by atoms with E-state index in [1.165, 1.54) is 31.5 Å². The van der Waals surface area contributed by atoms with E-state index in [1.54, 1.807) is 0 Å². The highest BCUT2D eigenvalue weighted by Crippen LogP contribution is 2.33. The lowest BCUT2D eigenvalue weighted by Gasteiger charge is -2.34. The van der Waals surface area contributed by atoms with Crippen LogP contribution in [-0.2, 0) is 0 Å². The van der Waals surface area contributed by atoms with Crippen LogP contribution in [0.3, 0.4) is 0 Å². The first-order chi connectivity index (χ1) is 27.8. The fourth-order valence-corrected chi connectivity index (χ4v) is 13.1. The molecule has 0 saturated heterocycles. The van der Waals surface area contributed by atoms with Gasteiger partial charge in [0, 0.05) is 33.2 Å². The van der Waals surface area contributed by atoms with E-state index >= 15 is 0 Å². The van der Waals surface area contributed by atoms with Crippen LogP contribution in [0.4, 0.5) is 0 Å². The Kier molecular flexibility index (Phi) is 9.42. The quantitative estimate of drug-likeness (QED) is 0.0884. The highest BCUT2D eigenvalue weighted by Gasteiger charge is 2.41. The van der Waals surface area contributed by atoms with Crippen LogP contribution in [0.25, 0.3) is 61.7 Å². The van der Waals surface area contributed by atoms with E-state index in [1.807, 2.05) is 18.2 Å². The first kappa shape index (κ1) is 35.5. The molecule has 5 heteroatoms. The van der Waals surface area contributed by atoms with Crippen molar-refractivity contribution in [2.45, 2.75) is 0 Å². The average molecular weight is 748 g/mol. The molecule has 10 rings (SSSR count). The molecule has 0 aliphatic rings. The Hall–Kier alpha value is -7.21. The molecule has 57 heavy (non-hydrogen) atoms. The van der Waals surface area contributed by atoms with Gasteiger partial charge in [0.15, 0.2) is 25.5 Å². The van der Waals surface area contributed by atoms with Gasteiger partial charge in [0.2, 0.25) is 0 Å². The summed E-state index contributed by atoms with van der Waals surface area (Å²) in [6.07, 6.45) is 0. The minimum absolute atomic E-state index is 0. The third-order valence-corrected chi connectivity index (χ3v) is 15.6. The molecule has 8 aromatic carbocycles. The second-order valence-electron chi connectivity index (χ2n) is 14.0. The number of rotatable bonds is 8. The highest BCUT2D eigenvalue weighted by atomic mass is 28.3. The number of para-hydroxylation sites is 2. The number of hydrogen-bond donors (Lipinski definition) is 0. The minimum Gasteiger partial charge on any atom is -0.358 e. The summed E-state index contributed by atoms with van der Waals surface area (Å²) in [5.41, 5.74) is 6.17. The average Bonchev–Trinajstić information content (AvgIpc) is 3.63. The van der Waals surface area contributed by atoms with Gasteiger partial charge in [0.25, 0.3) is 0 Å². The third kappa shape index (κ3) is 6.24. The number of hydrogen-bond acceptors (Lipinski definition) is 3. The maximum atomic E-state index is 5.27. The zero-order valence-electron chi connectivity index (χ0n) is 31.6. The Morgan fingerprint density at radius 1 is 0.316 bits per heavy atom. The molecule has 272 valence electrons. The normalized spacial score (nSPS) is 11.4. The molecule has 2 aromatic heterocycles. The molecular formula is C52H39N4Si-. The van der Waals surface area contributed by atoms with Crippen LogP contribution in [-0.4, -0.2) is 27.6 Å². The SMILES string of the molecule is [CH3-].c1ccc(-c2nc(-c3cccc(-n4c5ccccc5c5ccccc54)c3)nc(-c3cccc([Si](c4ccccc4)(c4ccccc4)c4ccccc4)c3)n2)cc1. The number of aromatic nitrogens is 4. The molecule has 0 atom stereocenters. The van der Waals surface area contributed by atoms with Gasteiger partial charge in [0.1, 0.15) is 0 Å². The summed E-state index contributed by atoms with van der Waals surface area (Å²) >= 11 is 0. The van der Waals surface area contributed by atoms with Gasteiger partial charge >= 0.3 is 0 Å². The zero-order chi connectivity index (χ0) is 37.3. The van der Waals surface area contributed by atoms with Crippen LogP contribution >= 0.6 is 0 Å². The molecule has 0 aliphatic carbocycles. The summed E-state index contributed by atoms with van der Waals surface area (Å²) in [5.74, 6) is 1.89. The van der Waals surface area contributed by atoms with E-state index in [0.717, 1.165) is 33.4 Å². The van der Waals surface area contributed by atoms with Gasteiger partial charge in [-0.25, -0.2) is 15.0 Å². The highest BCUT2D eigenvalue weighted by molar-refractivity contribution is 7.19. The lowest BCUT2D eigenvalue weighted by Crippen LogP contribution is -2.74. The lowest BCUT2D eigenvalue weighted by atomic mass is 10.1. The molecule has 0 fully saturated rings. The molecule has 10 aromatic rings. The maximum Gasteiger partial charge on any atom is 0.179 e. The molecule has 0 spiro atoms. The number of fused-ring (bicyclic) bond motifs is 3. The van der Waals surface area contributed by atoms with E-state index < -0.39 is 8.07 Å². The monoisotopic (exact) mass is 747 g/mol. The molecule has 0 amide bonds. The van der Waals surface area contributed by atoms with Crippen molar-refractivity contribution in [1.29, 1.82) is 0 Å². The predicted molar refractivity (Wildman–Crippen MR) is 241 cm³/mol. The molecule has 2 heterocycles. The van der Waals surface area contributed by atoms with Gasteiger partial charge in [-0.3, -0.25) is 0 Å². The van der Waals surface area contributed by atoms with Gasteiger partial charge in [0.05, 0.1) is 11.0 Å². The van der Waals surface area contributed by atoms with Crippen LogP contribution in [0.1, 0.15) is 0 Å². The predicted octanol–water partition coefficient (Wildman–Crippen LogP) is 9.80. The van der Waals surface area contributed by atoms with E-state index in [0.29, 0.717) is 17.5 Å². The Bertz CT molecular complexity index is 2810. The second kappa shape index (κ2) is 15.1. The lowest BCUT2D eigenvalue weighted by molar-refractivity contribution is 1.07. The summed E-state index contributed by atoms with van der Waals surface area (Å²) < 4.78 is 2.33. The van der Waals surface area contributed by atoms with E-state index in [-0.39, 0.29) is 7.43 Å². The van der Waals surface area contributed by atoms with Gasteiger partial charge in [-0.05, 0) is 45.0 Å². The fraction of sp³-hybridized carbons (Fsp3) is 0. The van der Waals surface area contributed by atoms with Crippen LogP contribution in [0.2, 0.25) is 0 Å². The first-order valence-electron chi connectivity index (χ1n) is 19.0. The first-order valence-corrected chi connectivity index (χ1v) is 21.0. The number of benzene rings is 8.